The molecule has 3 heterocycles. The molecule has 2 aliphatic rings. The highest BCUT2D eigenvalue weighted by atomic mass is 79.9. The third kappa shape index (κ3) is 5.77. The molecule has 192 valence electrons. The van der Waals surface area contributed by atoms with Gasteiger partial charge in [-0.25, -0.2) is 13.2 Å². The van der Waals surface area contributed by atoms with Crippen LogP contribution in [0.5, 0.6) is 0 Å². The van der Waals surface area contributed by atoms with Crippen molar-refractivity contribution in [1.29, 1.82) is 0 Å². The Hall–Kier alpha value is -3.22. The molecule has 2 aromatic rings. The molecule has 0 bridgehead atoms. The molecule has 2 saturated heterocycles. The minimum absolute atomic E-state index is 0.0147. The smallest absolute Gasteiger partial charge is 0.294 e. The molecule has 1 N–H and O–H groups in total. The average molecular weight is 570 g/mol. The Kier molecular flexibility index (Phi) is 7.48. The molecule has 2 amide bonds. The predicted octanol–water partition coefficient (Wildman–Crippen LogP) is 4.48. The van der Waals surface area contributed by atoms with Crippen molar-refractivity contribution in [2.24, 2.45) is 0 Å². The molecule has 4 rings (SSSR count). The summed E-state index contributed by atoms with van der Waals surface area (Å²) in [5.74, 6) is -4.51. The number of nitro benzene ring substituents is 1. The molecule has 0 radical (unpaired) electrons. The number of hydrogen-bond donors (Lipinski definition) is 1. The molecule has 0 saturated carbocycles. The van der Waals surface area contributed by atoms with Crippen LogP contribution in [0.4, 0.5) is 24.5 Å². The van der Waals surface area contributed by atoms with Gasteiger partial charge >= 0.3 is 0 Å². The van der Waals surface area contributed by atoms with Crippen LogP contribution in [0.3, 0.4) is 0 Å². The normalized spacial score (nSPS) is 19.6. The van der Waals surface area contributed by atoms with Crippen molar-refractivity contribution in [2.75, 3.05) is 31.5 Å². The molecule has 13 heteroatoms. The van der Waals surface area contributed by atoms with Gasteiger partial charge in [0, 0.05) is 61.8 Å². The Morgan fingerprint density at radius 2 is 1.83 bits per heavy atom. The van der Waals surface area contributed by atoms with Crippen molar-refractivity contribution in [2.45, 2.75) is 37.6 Å². The van der Waals surface area contributed by atoms with Crippen LogP contribution in [0.1, 0.15) is 46.4 Å². The number of likely N-dealkylation sites (tertiary alicyclic amines) is 2. The van der Waals surface area contributed by atoms with Crippen molar-refractivity contribution in [3.05, 3.63) is 62.1 Å². The summed E-state index contributed by atoms with van der Waals surface area (Å²) in [5, 5.41) is 14.9. The Bertz CT molecular complexity index is 1190. The predicted molar refractivity (Wildman–Crippen MR) is 128 cm³/mol. The molecule has 1 aromatic carbocycles. The number of nitrogens with zero attached hydrogens (tertiary/aromatic N) is 4. The number of amides is 2. The summed E-state index contributed by atoms with van der Waals surface area (Å²) in [6, 6.07) is 3.33. The first-order valence-electron chi connectivity index (χ1n) is 11.4. The number of nitro groups is 1. The zero-order valence-electron chi connectivity index (χ0n) is 19.1. The molecular weight excluding hydrogens is 547 g/mol. The molecule has 0 spiro atoms. The van der Waals surface area contributed by atoms with Crippen LogP contribution in [0.25, 0.3) is 0 Å². The van der Waals surface area contributed by atoms with Crippen LogP contribution in [-0.4, -0.2) is 69.7 Å². The largest absolute Gasteiger partial charge is 0.374 e. The number of alkyl halides is 2. The molecule has 1 aromatic heterocycles. The van der Waals surface area contributed by atoms with Gasteiger partial charge in [-0.3, -0.25) is 24.7 Å². The zero-order chi connectivity index (χ0) is 26.0. The number of carbonyl (C=O) groups is 2. The highest BCUT2D eigenvalue weighted by Gasteiger charge is 2.37. The van der Waals surface area contributed by atoms with E-state index in [0.717, 1.165) is 12.3 Å². The van der Waals surface area contributed by atoms with Crippen LogP contribution in [-0.2, 0) is 0 Å². The first-order valence-corrected chi connectivity index (χ1v) is 12.1. The molecule has 1 atom stereocenters. The van der Waals surface area contributed by atoms with Crippen LogP contribution in [0, 0.1) is 15.9 Å². The number of rotatable bonds is 5. The second-order valence-corrected chi connectivity index (χ2v) is 9.79. The summed E-state index contributed by atoms with van der Waals surface area (Å²) in [6.45, 7) is 0.230. The van der Waals surface area contributed by atoms with Crippen LogP contribution in [0.2, 0.25) is 0 Å². The van der Waals surface area contributed by atoms with Gasteiger partial charge in [0.25, 0.3) is 23.4 Å². The lowest BCUT2D eigenvalue weighted by Crippen LogP contribution is -2.46. The van der Waals surface area contributed by atoms with E-state index in [9.17, 15) is 32.9 Å². The number of carbonyl (C=O) groups excluding carboxylic acids is 2. The van der Waals surface area contributed by atoms with Crippen LogP contribution >= 0.6 is 15.9 Å². The summed E-state index contributed by atoms with van der Waals surface area (Å²) in [4.78, 5) is 43.8. The van der Waals surface area contributed by atoms with E-state index in [4.69, 9.17) is 0 Å². The molecule has 0 aliphatic carbocycles. The number of hydrogen-bond acceptors (Lipinski definition) is 6. The Morgan fingerprint density at radius 3 is 2.50 bits per heavy atom. The van der Waals surface area contributed by atoms with E-state index >= 15 is 0 Å². The maximum absolute atomic E-state index is 13.6. The lowest BCUT2D eigenvalue weighted by atomic mass is 10.0. The molecular formula is C23H23BrF3N5O4. The van der Waals surface area contributed by atoms with E-state index in [1.807, 2.05) is 0 Å². The quantitative estimate of drug-likeness (QED) is 0.420. The first kappa shape index (κ1) is 25.9. The van der Waals surface area contributed by atoms with Gasteiger partial charge in [-0.2, -0.15) is 0 Å². The van der Waals surface area contributed by atoms with Crippen molar-refractivity contribution >= 4 is 39.1 Å². The SMILES string of the molecule is O=C(c1cncc(F)c1)N1CCC[C@@H](Nc2c(C(=O)N3CCC(F)(F)CC3)cc(Br)cc2[N+](=O)[O-])C1. The number of anilines is 1. The monoisotopic (exact) mass is 569 g/mol. The Morgan fingerprint density at radius 1 is 1.11 bits per heavy atom. The standard InChI is InChI=1S/C23H23BrF3N5O4/c24-15-9-18(22(34)30-6-3-23(26,27)4-7-30)20(19(10-15)32(35)36)29-17-2-1-5-31(13-17)21(33)14-8-16(25)12-28-11-14/h8-12,17,29H,1-7,13H2/t17-/m1/s1. The van der Waals surface area contributed by atoms with Gasteiger partial charge in [-0.15, -0.1) is 0 Å². The Balaban J connectivity index is 1.59. The topological polar surface area (TPSA) is 109 Å². The summed E-state index contributed by atoms with van der Waals surface area (Å²) in [7, 11) is 0. The molecule has 0 unspecified atom stereocenters. The fourth-order valence-corrected chi connectivity index (χ4v) is 4.90. The second kappa shape index (κ2) is 10.4. The summed E-state index contributed by atoms with van der Waals surface area (Å²) in [6.07, 6.45) is 2.42. The lowest BCUT2D eigenvalue weighted by molar-refractivity contribution is -0.384. The first-order chi connectivity index (χ1) is 17.0. The van der Waals surface area contributed by atoms with E-state index in [2.05, 4.69) is 26.2 Å². The minimum Gasteiger partial charge on any atom is -0.374 e. The van der Waals surface area contributed by atoms with Crippen LogP contribution in [0.15, 0.2) is 35.1 Å². The number of aromatic nitrogens is 1. The number of piperidine rings is 2. The Labute approximate surface area is 212 Å². The highest BCUT2D eigenvalue weighted by Crippen LogP contribution is 2.36. The maximum Gasteiger partial charge on any atom is 0.294 e. The van der Waals surface area contributed by atoms with Gasteiger partial charge < -0.3 is 15.1 Å². The number of halogens is 4. The van der Waals surface area contributed by atoms with E-state index in [-0.39, 0.29) is 42.1 Å². The maximum atomic E-state index is 13.6. The third-order valence-electron chi connectivity index (χ3n) is 6.30. The molecule has 9 nitrogen and oxygen atoms in total. The van der Waals surface area contributed by atoms with E-state index in [1.54, 1.807) is 0 Å². The summed E-state index contributed by atoms with van der Waals surface area (Å²) < 4.78 is 41.1. The number of pyridine rings is 1. The summed E-state index contributed by atoms with van der Waals surface area (Å²) >= 11 is 3.20. The summed E-state index contributed by atoms with van der Waals surface area (Å²) in [5.41, 5.74) is -0.313. The zero-order valence-corrected chi connectivity index (χ0v) is 20.6. The average Bonchev–Trinajstić information content (AvgIpc) is 2.84. The second-order valence-electron chi connectivity index (χ2n) is 8.88. The van der Waals surface area contributed by atoms with Gasteiger partial charge in [0.05, 0.1) is 22.2 Å². The minimum atomic E-state index is -2.85. The fourth-order valence-electron chi connectivity index (χ4n) is 4.46. The van der Waals surface area contributed by atoms with E-state index in [0.29, 0.717) is 23.9 Å². The third-order valence-corrected chi connectivity index (χ3v) is 6.76. The van der Waals surface area contributed by atoms with Crippen molar-refractivity contribution in [3.63, 3.8) is 0 Å². The van der Waals surface area contributed by atoms with Gasteiger partial charge in [0.2, 0.25) is 0 Å². The van der Waals surface area contributed by atoms with Gasteiger partial charge in [-0.05, 0) is 25.0 Å². The van der Waals surface area contributed by atoms with E-state index < -0.39 is 47.4 Å². The fraction of sp³-hybridized carbons (Fsp3) is 0.435. The van der Waals surface area contributed by atoms with Crippen molar-refractivity contribution < 1.29 is 27.7 Å². The van der Waals surface area contributed by atoms with Gasteiger partial charge in [0.15, 0.2) is 0 Å². The van der Waals surface area contributed by atoms with Crippen LogP contribution < -0.4 is 5.32 Å². The molecule has 36 heavy (non-hydrogen) atoms. The van der Waals surface area contributed by atoms with Crippen molar-refractivity contribution in [1.82, 2.24) is 14.8 Å². The number of nitrogens with one attached hydrogen (secondary N) is 1. The molecule has 2 aliphatic heterocycles. The van der Waals surface area contributed by atoms with Gasteiger partial charge in [0.1, 0.15) is 11.5 Å². The molecule has 2 fully saturated rings. The van der Waals surface area contributed by atoms with Crippen molar-refractivity contribution in [3.8, 4) is 0 Å². The van der Waals surface area contributed by atoms with E-state index in [1.165, 1.54) is 28.1 Å². The van der Waals surface area contributed by atoms with Gasteiger partial charge in [-0.1, -0.05) is 15.9 Å². The lowest BCUT2D eigenvalue weighted by Gasteiger charge is -2.35. The highest BCUT2D eigenvalue weighted by molar-refractivity contribution is 9.10. The number of benzene rings is 1.